The Hall–Kier alpha value is -3.18. The van der Waals surface area contributed by atoms with Gasteiger partial charge in [-0.1, -0.05) is 12.1 Å². The largest absolute Gasteiger partial charge is 0.508 e. The Labute approximate surface area is 160 Å². The van der Waals surface area contributed by atoms with Crippen molar-refractivity contribution in [3.05, 3.63) is 29.8 Å². The smallest absolute Gasteiger partial charge is 0.326 e. The van der Waals surface area contributed by atoms with Gasteiger partial charge in [-0.3, -0.25) is 14.4 Å². The average Bonchev–Trinajstić information content (AvgIpc) is 2.59. The van der Waals surface area contributed by atoms with Gasteiger partial charge in [0.2, 0.25) is 11.8 Å². The first kappa shape index (κ1) is 22.9. The maximum atomic E-state index is 12.2. The van der Waals surface area contributed by atoms with Gasteiger partial charge in [-0.05, 0) is 31.0 Å². The first-order valence-electron chi connectivity index (χ1n) is 8.28. The van der Waals surface area contributed by atoms with E-state index in [0.29, 0.717) is 5.56 Å². The van der Waals surface area contributed by atoms with Gasteiger partial charge >= 0.3 is 11.9 Å². The third kappa shape index (κ3) is 7.21. The van der Waals surface area contributed by atoms with Crippen LogP contribution in [0.5, 0.6) is 5.75 Å². The molecule has 0 saturated heterocycles. The SMILES string of the molecule is CC(O)C(NC(=O)C(N)Cc1ccc(O)cc1)C(=O)NC(CC(=O)O)C(=O)O. The first-order valence-corrected chi connectivity index (χ1v) is 8.28. The molecule has 11 heteroatoms. The number of aliphatic carboxylic acids is 2. The van der Waals surface area contributed by atoms with Crippen molar-refractivity contribution in [2.75, 3.05) is 0 Å². The van der Waals surface area contributed by atoms with Crippen LogP contribution in [0.3, 0.4) is 0 Å². The minimum Gasteiger partial charge on any atom is -0.508 e. The second-order valence-corrected chi connectivity index (χ2v) is 6.20. The summed E-state index contributed by atoms with van der Waals surface area (Å²) in [6.45, 7) is 1.20. The molecule has 0 radical (unpaired) electrons. The predicted octanol–water partition coefficient (Wildman–Crippen LogP) is -1.83. The van der Waals surface area contributed by atoms with Crippen molar-refractivity contribution in [1.29, 1.82) is 0 Å². The molecule has 1 aromatic carbocycles. The zero-order valence-corrected chi connectivity index (χ0v) is 15.0. The van der Waals surface area contributed by atoms with E-state index in [1.165, 1.54) is 19.1 Å². The number of carbonyl (C=O) groups excluding carboxylic acids is 2. The molecule has 154 valence electrons. The number of phenolic OH excluding ortho intramolecular Hbond substituents is 1. The van der Waals surface area contributed by atoms with E-state index in [1.807, 2.05) is 5.32 Å². The maximum Gasteiger partial charge on any atom is 0.326 e. The summed E-state index contributed by atoms with van der Waals surface area (Å²) in [6, 6.07) is 1.60. The Morgan fingerprint density at radius 1 is 1.04 bits per heavy atom. The summed E-state index contributed by atoms with van der Waals surface area (Å²) in [5.74, 6) is -4.81. The van der Waals surface area contributed by atoms with Crippen LogP contribution in [0.25, 0.3) is 0 Å². The molecule has 0 spiro atoms. The van der Waals surface area contributed by atoms with Gasteiger partial charge in [-0.2, -0.15) is 0 Å². The van der Waals surface area contributed by atoms with E-state index in [1.54, 1.807) is 12.1 Å². The summed E-state index contributed by atoms with van der Waals surface area (Å²) in [5.41, 5.74) is 6.44. The van der Waals surface area contributed by atoms with Crippen molar-refractivity contribution in [2.24, 2.45) is 5.73 Å². The average molecular weight is 397 g/mol. The van der Waals surface area contributed by atoms with Crippen LogP contribution in [0.15, 0.2) is 24.3 Å². The van der Waals surface area contributed by atoms with Crippen LogP contribution in [0.2, 0.25) is 0 Å². The molecule has 28 heavy (non-hydrogen) atoms. The standard InChI is InChI=1S/C17H23N3O8/c1-8(21)14(16(26)19-12(17(27)28)7-13(23)24)20-15(25)11(18)6-9-2-4-10(22)5-3-9/h2-5,8,11-12,14,21-22H,6-7,18H2,1H3,(H,19,26)(H,20,25)(H,23,24)(H,27,28). The number of carboxylic acid groups (broad SMARTS) is 2. The number of benzene rings is 1. The van der Waals surface area contributed by atoms with Crippen LogP contribution < -0.4 is 16.4 Å². The number of carbonyl (C=O) groups is 4. The number of hydrogen-bond donors (Lipinski definition) is 7. The lowest BCUT2D eigenvalue weighted by Gasteiger charge is -2.24. The van der Waals surface area contributed by atoms with Crippen molar-refractivity contribution in [2.45, 2.75) is 44.0 Å². The van der Waals surface area contributed by atoms with E-state index in [4.69, 9.17) is 15.9 Å². The van der Waals surface area contributed by atoms with Gasteiger partial charge in [-0.15, -0.1) is 0 Å². The summed E-state index contributed by atoms with van der Waals surface area (Å²) in [7, 11) is 0. The molecule has 0 aliphatic rings. The molecule has 0 fully saturated rings. The minimum absolute atomic E-state index is 0.0435. The number of aliphatic hydroxyl groups excluding tert-OH is 1. The fourth-order valence-corrected chi connectivity index (χ4v) is 2.28. The summed E-state index contributed by atoms with van der Waals surface area (Å²) in [4.78, 5) is 46.2. The Kier molecular flexibility index (Phi) is 8.35. The van der Waals surface area contributed by atoms with Crippen LogP contribution in [0, 0.1) is 0 Å². The molecule has 1 rings (SSSR count). The molecule has 0 aliphatic heterocycles. The van der Waals surface area contributed by atoms with E-state index in [-0.39, 0.29) is 12.2 Å². The molecular formula is C17H23N3O8. The second kappa shape index (κ2) is 10.2. The second-order valence-electron chi connectivity index (χ2n) is 6.20. The van der Waals surface area contributed by atoms with E-state index in [9.17, 15) is 29.4 Å². The molecule has 0 bridgehead atoms. The van der Waals surface area contributed by atoms with E-state index in [2.05, 4.69) is 5.32 Å². The molecule has 11 nitrogen and oxygen atoms in total. The molecule has 4 unspecified atom stereocenters. The molecule has 8 N–H and O–H groups in total. The van der Waals surface area contributed by atoms with Crippen molar-refractivity contribution < 1.29 is 39.6 Å². The van der Waals surface area contributed by atoms with Crippen LogP contribution in [-0.4, -0.2) is 68.4 Å². The number of rotatable bonds is 10. The highest BCUT2D eigenvalue weighted by Gasteiger charge is 2.31. The monoisotopic (exact) mass is 397 g/mol. The number of hydrogen-bond acceptors (Lipinski definition) is 7. The third-order valence-corrected chi connectivity index (χ3v) is 3.78. The summed E-state index contributed by atoms with van der Waals surface area (Å²) in [6.07, 6.45) is -2.19. The molecule has 0 aliphatic carbocycles. The fraction of sp³-hybridized carbons (Fsp3) is 0.412. The van der Waals surface area contributed by atoms with E-state index < -0.39 is 54.4 Å². The lowest BCUT2D eigenvalue weighted by Crippen LogP contribution is -2.58. The normalized spacial score (nSPS) is 15.0. The predicted molar refractivity (Wildman–Crippen MR) is 95.2 cm³/mol. The van der Waals surface area contributed by atoms with Crippen LogP contribution in [0.1, 0.15) is 18.9 Å². The Bertz CT molecular complexity index is 720. The number of nitrogens with two attached hydrogens (primary N) is 1. The molecule has 4 atom stereocenters. The first-order chi connectivity index (χ1) is 13.0. The number of aliphatic hydroxyl groups is 1. The van der Waals surface area contributed by atoms with Gasteiger partial charge in [0.15, 0.2) is 0 Å². The topological polar surface area (TPSA) is 199 Å². The van der Waals surface area contributed by atoms with Gasteiger partial charge in [0.25, 0.3) is 0 Å². The molecule has 0 heterocycles. The highest BCUT2D eigenvalue weighted by atomic mass is 16.4. The Morgan fingerprint density at radius 3 is 2.07 bits per heavy atom. The lowest BCUT2D eigenvalue weighted by molar-refractivity contribution is -0.147. The van der Waals surface area contributed by atoms with E-state index in [0.717, 1.165) is 0 Å². The molecule has 0 saturated carbocycles. The highest BCUT2D eigenvalue weighted by molar-refractivity contribution is 5.93. The summed E-state index contributed by atoms with van der Waals surface area (Å²) in [5, 5.41) is 40.9. The summed E-state index contributed by atoms with van der Waals surface area (Å²) >= 11 is 0. The minimum atomic E-state index is -1.73. The molecule has 1 aromatic rings. The van der Waals surface area contributed by atoms with Crippen LogP contribution in [0.4, 0.5) is 0 Å². The fourth-order valence-electron chi connectivity index (χ4n) is 2.28. The van der Waals surface area contributed by atoms with Crippen molar-refractivity contribution >= 4 is 23.8 Å². The number of carboxylic acids is 2. The maximum absolute atomic E-state index is 12.2. The van der Waals surface area contributed by atoms with Crippen LogP contribution in [-0.2, 0) is 25.6 Å². The van der Waals surface area contributed by atoms with Gasteiger partial charge in [-0.25, -0.2) is 4.79 Å². The summed E-state index contributed by atoms with van der Waals surface area (Å²) < 4.78 is 0. The quantitative estimate of drug-likeness (QED) is 0.237. The van der Waals surface area contributed by atoms with Crippen molar-refractivity contribution in [3.8, 4) is 5.75 Å². The van der Waals surface area contributed by atoms with Crippen LogP contribution >= 0.6 is 0 Å². The van der Waals surface area contributed by atoms with Gasteiger partial charge < -0.3 is 36.8 Å². The molecule has 2 amide bonds. The Balaban J connectivity index is 2.77. The third-order valence-electron chi connectivity index (χ3n) is 3.78. The number of amides is 2. The van der Waals surface area contributed by atoms with Gasteiger partial charge in [0.05, 0.1) is 18.6 Å². The Morgan fingerprint density at radius 2 is 1.61 bits per heavy atom. The number of phenols is 1. The zero-order chi connectivity index (χ0) is 21.4. The van der Waals surface area contributed by atoms with Crippen molar-refractivity contribution in [1.82, 2.24) is 10.6 Å². The number of aromatic hydroxyl groups is 1. The van der Waals surface area contributed by atoms with Gasteiger partial charge in [0, 0.05) is 0 Å². The lowest BCUT2D eigenvalue weighted by atomic mass is 10.0. The van der Waals surface area contributed by atoms with Crippen molar-refractivity contribution in [3.63, 3.8) is 0 Å². The molecule has 0 aromatic heterocycles. The molecular weight excluding hydrogens is 374 g/mol. The number of nitrogens with one attached hydrogen (secondary N) is 2. The van der Waals surface area contributed by atoms with E-state index >= 15 is 0 Å². The van der Waals surface area contributed by atoms with Gasteiger partial charge in [0.1, 0.15) is 17.8 Å². The zero-order valence-electron chi connectivity index (χ0n) is 15.0. The highest BCUT2D eigenvalue weighted by Crippen LogP contribution is 2.11.